The fraction of sp³-hybridized carbons (Fsp3) is 0.105. The van der Waals surface area contributed by atoms with Gasteiger partial charge in [-0.15, -0.1) is 10.2 Å². The molecule has 0 aliphatic carbocycles. The number of aromatic amines is 1. The Balaban J connectivity index is 1.66. The average Bonchev–Trinajstić information content (AvgIpc) is 3.09. The molecule has 5 nitrogen and oxygen atoms in total. The SMILES string of the molecule is O=c1cc(-c2ccccc2)n2c(SCc3ccc(C(F)(F)F)cc3)nnc2[nH]1. The normalized spacial score (nSPS) is 11.8. The number of nitrogens with zero attached hydrogens (tertiary/aromatic N) is 3. The first kappa shape index (κ1) is 18.3. The van der Waals surface area contributed by atoms with Crippen LogP contribution in [0.3, 0.4) is 0 Å². The van der Waals surface area contributed by atoms with Crippen LogP contribution in [0.5, 0.6) is 0 Å². The number of rotatable bonds is 4. The van der Waals surface area contributed by atoms with Gasteiger partial charge in [0.25, 0.3) is 5.56 Å². The Hall–Kier alpha value is -3.07. The smallest absolute Gasteiger partial charge is 0.291 e. The van der Waals surface area contributed by atoms with Crippen molar-refractivity contribution in [3.05, 3.63) is 82.1 Å². The molecule has 142 valence electrons. The molecule has 4 rings (SSSR count). The van der Waals surface area contributed by atoms with Crippen LogP contribution >= 0.6 is 11.8 Å². The molecule has 0 aliphatic heterocycles. The van der Waals surface area contributed by atoms with Crippen LogP contribution in [0.15, 0.2) is 70.6 Å². The maximum atomic E-state index is 12.7. The standard InChI is InChI=1S/C19H13F3N4OS/c20-19(21,22)14-8-6-12(7-9-14)11-28-18-25-24-17-23-16(27)10-15(26(17)18)13-4-2-1-3-5-13/h1-10H,11H2,(H,23,24,27). The molecule has 1 N–H and O–H groups in total. The number of fused-ring (bicyclic) bond motifs is 1. The molecule has 0 fully saturated rings. The third-order valence-corrected chi connectivity index (χ3v) is 5.10. The molecule has 2 heterocycles. The molecule has 28 heavy (non-hydrogen) atoms. The van der Waals surface area contributed by atoms with Crippen LogP contribution in [-0.2, 0) is 11.9 Å². The number of hydrogen-bond donors (Lipinski definition) is 1. The van der Waals surface area contributed by atoms with Crippen molar-refractivity contribution in [3.8, 4) is 11.3 Å². The number of nitrogens with one attached hydrogen (secondary N) is 1. The zero-order chi connectivity index (χ0) is 19.7. The van der Waals surface area contributed by atoms with Crippen molar-refractivity contribution in [2.45, 2.75) is 17.1 Å². The molecule has 0 aliphatic rings. The van der Waals surface area contributed by atoms with Gasteiger partial charge < -0.3 is 0 Å². The van der Waals surface area contributed by atoms with Crippen molar-refractivity contribution in [2.24, 2.45) is 0 Å². The van der Waals surface area contributed by atoms with Crippen molar-refractivity contribution in [3.63, 3.8) is 0 Å². The lowest BCUT2D eigenvalue weighted by atomic mass is 10.1. The Morgan fingerprint density at radius 2 is 1.71 bits per heavy atom. The maximum Gasteiger partial charge on any atom is 0.416 e. The second kappa shape index (κ2) is 7.16. The van der Waals surface area contributed by atoms with Gasteiger partial charge in [0.2, 0.25) is 5.78 Å². The van der Waals surface area contributed by atoms with E-state index in [1.54, 1.807) is 4.40 Å². The average molecular weight is 402 g/mol. The van der Waals surface area contributed by atoms with Crippen molar-refractivity contribution >= 4 is 17.5 Å². The molecule has 0 saturated heterocycles. The molecule has 0 bridgehead atoms. The second-order valence-corrected chi connectivity index (χ2v) is 6.95. The molecular weight excluding hydrogens is 389 g/mol. The van der Waals surface area contributed by atoms with Crippen LogP contribution in [0.1, 0.15) is 11.1 Å². The van der Waals surface area contributed by atoms with E-state index in [9.17, 15) is 18.0 Å². The molecule has 0 radical (unpaired) electrons. The number of alkyl halides is 3. The van der Waals surface area contributed by atoms with E-state index in [0.29, 0.717) is 22.4 Å². The van der Waals surface area contributed by atoms with E-state index in [-0.39, 0.29) is 5.56 Å². The van der Waals surface area contributed by atoms with Crippen LogP contribution in [0, 0.1) is 0 Å². The molecule has 0 saturated carbocycles. The number of aromatic nitrogens is 4. The second-order valence-electron chi connectivity index (χ2n) is 6.01. The predicted molar refractivity (Wildman–Crippen MR) is 100 cm³/mol. The highest BCUT2D eigenvalue weighted by molar-refractivity contribution is 7.98. The van der Waals surface area contributed by atoms with Gasteiger partial charge in [-0.25, -0.2) is 0 Å². The quantitative estimate of drug-likeness (QED) is 0.514. The molecule has 0 atom stereocenters. The summed E-state index contributed by atoms with van der Waals surface area (Å²) >= 11 is 1.32. The summed E-state index contributed by atoms with van der Waals surface area (Å²) in [5, 5.41) is 8.66. The van der Waals surface area contributed by atoms with E-state index in [1.807, 2.05) is 30.3 Å². The minimum absolute atomic E-state index is 0.293. The van der Waals surface area contributed by atoms with Gasteiger partial charge in [0.1, 0.15) is 0 Å². The summed E-state index contributed by atoms with van der Waals surface area (Å²) in [4.78, 5) is 14.6. The van der Waals surface area contributed by atoms with Crippen LogP contribution in [-0.4, -0.2) is 19.6 Å². The summed E-state index contributed by atoms with van der Waals surface area (Å²) in [6, 6.07) is 15.8. The van der Waals surface area contributed by atoms with Gasteiger partial charge in [-0.2, -0.15) is 13.2 Å². The molecule has 2 aromatic carbocycles. The summed E-state index contributed by atoms with van der Waals surface area (Å²) in [5.74, 6) is 0.716. The van der Waals surface area contributed by atoms with E-state index in [4.69, 9.17) is 0 Å². The van der Waals surface area contributed by atoms with Crippen LogP contribution in [0.25, 0.3) is 17.0 Å². The summed E-state index contributed by atoms with van der Waals surface area (Å²) in [5.41, 5.74) is 1.21. The van der Waals surface area contributed by atoms with E-state index in [2.05, 4.69) is 15.2 Å². The van der Waals surface area contributed by atoms with Crippen molar-refractivity contribution in [2.75, 3.05) is 0 Å². The van der Waals surface area contributed by atoms with Gasteiger partial charge in [0.15, 0.2) is 5.16 Å². The summed E-state index contributed by atoms with van der Waals surface area (Å²) in [6.45, 7) is 0. The van der Waals surface area contributed by atoms with Gasteiger partial charge in [0, 0.05) is 11.8 Å². The Kier molecular flexibility index (Phi) is 4.68. The molecular formula is C19H13F3N4OS. The highest BCUT2D eigenvalue weighted by Crippen LogP contribution is 2.30. The van der Waals surface area contributed by atoms with Gasteiger partial charge in [-0.3, -0.25) is 14.2 Å². The number of hydrogen-bond acceptors (Lipinski definition) is 4. The zero-order valence-corrected chi connectivity index (χ0v) is 15.1. The summed E-state index contributed by atoms with van der Waals surface area (Å²) < 4.78 is 39.8. The topological polar surface area (TPSA) is 63.1 Å². The lowest BCUT2D eigenvalue weighted by Gasteiger charge is -2.08. The number of halogens is 3. The highest BCUT2D eigenvalue weighted by atomic mass is 32.2. The Bertz CT molecular complexity index is 1170. The third-order valence-electron chi connectivity index (χ3n) is 4.10. The molecule has 0 unspecified atom stereocenters. The maximum absolute atomic E-state index is 12.7. The van der Waals surface area contributed by atoms with Gasteiger partial charge in [0.05, 0.1) is 11.3 Å². The van der Waals surface area contributed by atoms with Gasteiger partial charge in [-0.1, -0.05) is 54.2 Å². The number of benzene rings is 2. The lowest BCUT2D eigenvalue weighted by Crippen LogP contribution is -2.09. The van der Waals surface area contributed by atoms with Crippen LogP contribution < -0.4 is 5.56 Å². The first-order valence-electron chi connectivity index (χ1n) is 8.24. The lowest BCUT2D eigenvalue weighted by molar-refractivity contribution is -0.137. The minimum Gasteiger partial charge on any atom is -0.291 e. The van der Waals surface area contributed by atoms with E-state index < -0.39 is 11.7 Å². The Labute approximate surface area is 161 Å². The number of thioether (sulfide) groups is 1. The number of H-pyrrole nitrogens is 1. The Morgan fingerprint density at radius 3 is 2.39 bits per heavy atom. The van der Waals surface area contributed by atoms with Gasteiger partial charge in [-0.05, 0) is 23.3 Å². The third kappa shape index (κ3) is 3.65. The first-order chi connectivity index (χ1) is 13.4. The summed E-state index contributed by atoms with van der Waals surface area (Å²) in [7, 11) is 0. The molecule has 0 amide bonds. The van der Waals surface area contributed by atoms with Crippen LogP contribution in [0.2, 0.25) is 0 Å². The molecule has 4 aromatic rings. The molecule has 2 aromatic heterocycles. The fourth-order valence-electron chi connectivity index (χ4n) is 2.76. The summed E-state index contributed by atoms with van der Waals surface area (Å²) in [6.07, 6.45) is -4.36. The molecule has 0 spiro atoms. The van der Waals surface area contributed by atoms with E-state index in [0.717, 1.165) is 23.3 Å². The zero-order valence-electron chi connectivity index (χ0n) is 14.3. The molecule has 9 heteroatoms. The van der Waals surface area contributed by atoms with E-state index in [1.165, 1.54) is 30.0 Å². The fourth-order valence-corrected chi connectivity index (χ4v) is 3.66. The predicted octanol–water partition coefficient (Wildman–Crippen LogP) is 4.40. The minimum atomic E-state index is -4.36. The largest absolute Gasteiger partial charge is 0.416 e. The first-order valence-corrected chi connectivity index (χ1v) is 9.23. The van der Waals surface area contributed by atoms with Crippen molar-refractivity contribution in [1.82, 2.24) is 19.6 Å². The van der Waals surface area contributed by atoms with Crippen LogP contribution in [0.4, 0.5) is 13.2 Å². The Morgan fingerprint density at radius 1 is 1.00 bits per heavy atom. The monoisotopic (exact) mass is 402 g/mol. The highest BCUT2D eigenvalue weighted by Gasteiger charge is 2.29. The van der Waals surface area contributed by atoms with Crippen molar-refractivity contribution < 1.29 is 13.2 Å². The van der Waals surface area contributed by atoms with Gasteiger partial charge >= 0.3 is 6.18 Å². The van der Waals surface area contributed by atoms with Crippen molar-refractivity contribution in [1.29, 1.82) is 0 Å². The van der Waals surface area contributed by atoms with E-state index >= 15 is 0 Å².